The third-order valence-corrected chi connectivity index (χ3v) is 6.64. The summed E-state index contributed by atoms with van der Waals surface area (Å²) in [5, 5.41) is 3.10. The summed E-state index contributed by atoms with van der Waals surface area (Å²) in [6.07, 6.45) is 8.90. The number of hydrogen-bond donors (Lipinski definition) is 1. The molecule has 31 heavy (non-hydrogen) atoms. The monoisotopic (exact) mass is 415 g/mol. The van der Waals surface area contributed by atoms with Gasteiger partial charge in [-0.1, -0.05) is 12.1 Å². The van der Waals surface area contributed by atoms with Crippen molar-refractivity contribution in [3.63, 3.8) is 0 Å². The molecule has 1 aliphatic carbocycles. The highest BCUT2D eigenvalue weighted by atomic mass is 16.1. The highest BCUT2D eigenvalue weighted by Gasteiger charge is 2.25. The number of pyridine rings is 1. The zero-order chi connectivity index (χ0) is 21.2. The van der Waals surface area contributed by atoms with Gasteiger partial charge < -0.3 is 14.6 Å². The smallest absolute Gasteiger partial charge is 0.251 e. The van der Waals surface area contributed by atoms with E-state index in [2.05, 4.69) is 22.3 Å². The number of anilines is 1. The summed E-state index contributed by atoms with van der Waals surface area (Å²) in [6.45, 7) is 2.69. The van der Waals surface area contributed by atoms with Crippen molar-refractivity contribution in [1.82, 2.24) is 9.72 Å². The summed E-state index contributed by atoms with van der Waals surface area (Å²) in [5.74, 6) is 0.194. The summed E-state index contributed by atoms with van der Waals surface area (Å²) >= 11 is 0. The third-order valence-electron chi connectivity index (χ3n) is 6.64. The second kappa shape index (κ2) is 8.58. The number of piperidine rings is 1. The lowest BCUT2D eigenvalue weighted by Gasteiger charge is -2.29. The van der Waals surface area contributed by atoms with Crippen LogP contribution in [0.15, 0.2) is 48.7 Å². The van der Waals surface area contributed by atoms with Gasteiger partial charge in [0, 0.05) is 49.0 Å². The van der Waals surface area contributed by atoms with E-state index in [1.165, 1.54) is 30.4 Å². The predicted molar refractivity (Wildman–Crippen MR) is 123 cm³/mol. The summed E-state index contributed by atoms with van der Waals surface area (Å²) in [6, 6.07) is 14.0. The fourth-order valence-corrected chi connectivity index (χ4v) is 5.12. The van der Waals surface area contributed by atoms with Gasteiger partial charge in [0.1, 0.15) is 0 Å². The minimum Gasteiger partial charge on any atom is -0.372 e. The molecular weight excluding hydrogens is 386 g/mol. The van der Waals surface area contributed by atoms with Crippen LogP contribution in [0.4, 0.5) is 5.69 Å². The molecule has 3 heterocycles. The Hall–Kier alpha value is -3.08. The Morgan fingerprint density at radius 2 is 1.84 bits per heavy atom. The van der Waals surface area contributed by atoms with Crippen LogP contribution in [0.5, 0.6) is 0 Å². The van der Waals surface area contributed by atoms with E-state index in [0.717, 1.165) is 49.2 Å². The standard InChI is InChI=1S/C26H29N3O2/c30-24-12-7-10-22-21(23-11-2-5-17-29(23)25(22)24)13-14-27-26(31)19-8-6-9-20(18-19)28-15-3-1-4-16-28/h2,5-6,8-9,11,17-18H,1,3-4,7,10,12-16H2,(H,27,31). The van der Waals surface area contributed by atoms with Gasteiger partial charge in [-0.05, 0) is 80.0 Å². The third kappa shape index (κ3) is 3.85. The molecule has 0 saturated carbocycles. The van der Waals surface area contributed by atoms with Gasteiger partial charge in [-0.15, -0.1) is 0 Å². The number of rotatable bonds is 5. The minimum absolute atomic E-state index is 0.0349. The molecule has 160 valence electrons. The molecule has 1 saturated heterocycles. The average Bonchev–Trinajstić information content (AvgIpc) is 3.14. The lowest BCUT2D eigenvalue weighted by Crippen LogP contribution is -2.30. The summed E-state index contributed by atoms with van der Waals surface area (Å²) in [7, 11) is 0. The van der Waals surface area contributed by atoms with Crippen LogP contribution >= 0.6 is 0 Å². The first-order valence-corrected chi connectivity index (χ1v) is 11.5. The Balaban J connectivity index is 1.30. The van der Waals surface area contributed by atoms with Crippen molar-refractivity contribution in [1.29, 1.82) is 0 Å². The van der Waals surface area contributed by atoms with E-state index in [1.54, 1.807) is 0 Å². The van der Waals surface area contributed by atoms with Gasteiger partial charge in [-0.25, -0.2) is 0 Å². The van der Waals surface area contributed by atoms with Gasteiger partial charge in [0.05, 0.1) is 5.69 Å². The molecule has 2 aliphatic rings. The number of amides is 1. The first-order valence-electron chi connectivity index (χ1n) is 11.5. The van der Waals surface area contributed by atoms with Crippen LogP contribution in [0, 0.1) is 0 Å². The van der Waals surface area contributed by atoms with Crippen molar-refractivity contribution in [2.45, 2.75) is 44.9 Å². The molecule has 1 fully saturated rings. The molecule has 2 aromatic heterocycles. The first kappa shape index (κ1) is 19.9. The lowest BCUT2D eigenvalue weighted by molar-refractivity contribution is 0.0949. The second-order valence-electron chi connectivity index (χ2n) is 8.64. The number of aromatic nitrogens is 1. The number of carbonyl (C=O) groups is 2. The number of ketones is 1. The average molecular weight is 416 g/mol. The molecule has 1 aromatic carbocycles. The Kier molecular flexibility index (Phi) is 5.49. The second-order valence-corrected chi connectivity index (χ2v) is 8.64. The van der Waals surface area contributed by atoms with Crippen molar-refractivity contribution >= 4 is 22.9 Å². The quantitative estimate of drug-likeness (QED) is 0.671. The van der Waals surface area contributed by atoms with E-state index in [-0.39, 0.29) is 11.7 Å². The Labute approximate surface area is 183 Å². The van der Waals surface area contributed by atoms with Gasteiger partial charge in [0.15, 0.2) is 5.78 Å². The normalized spacial score (nSPS) is 16.4. The van der Waals surface area contributed by atoms with E-state index in [0.29, 0.717) is 18.5 Å². The van der Waals surface area contributed by atoms with Crippen LogP contribution in [0.25, 0.3) is 5.52 Å². The van der Waals surface area contributed by atoms with Crippen molar-refractivity contribution in [3.05, 3.63) is 71.0 Å². The SMILES string of the molecule is O=C(NCCc1c2c(n3ccccc13)C(=O)CCC2)c1cccc(N2CCCCC2)c1. The van der Waals surface area contributed by atoms with Gasteiger partial charge in [-0.3, -0.25) is 9.59 Å². The highest BCUT2D eigenvalue weighted by molar-refractivity contribution is 5.99. The number of nitrogens with zero attached hydrogens (tertiary/aromatic N) is 2. The maximum absolute atomic E-state index is 12.8. The van der Waals surface area contributed by atoms with E-state index >= 15 is 0 Å². The minimum atomic E-state index is -0.0349. The number of carbonyl (C=O) groups excluding carboxylic acids is 2. The molecule has 3 aromatic rings. The molecule has 0 unspecified atom stereocenters. The van der Waals surface area contributed by atoms with Gasteiger partial charge in [-0.2, -0.15) is 0 Å². The molecule has 5 rings (SSSR count). The van der Waals surface area contributed by atoms with E-state index in [1.807, 2.05) is 40.9 Å². The molecule has 1 amide bonds. The van der Waals surface area contributed by atoms with Crippen molar-refractivity contribution in [2.24, 2.45) is 0 Å². The zero-order valence-corrected chi connectivity index (χ0v) is 17.9. The van der Waals surface area contributed by atoms with Crippen molar-refractivity contribution in [2.75, 3.05) is 24.5 Å². The summed E-state index contributed by atoms with van der Waals surface area (Å²) < 4.78 is 2.04. The Bertz CT molecular complexity index is 1120. The maximum Gasteiger partial charge on any atom is 0.251 e. The number of Topliss-reactive ketones (excluding diaryl/α,β-unsaturated/α-hetero) is 1. The van der Waals surface area contributed by atoms with Crippen LogP contribution < -0.4 is 10.2 Å². The molecule has 5 nitrogen and oxygen atoms in total. The van der Waals surface area contributed by atoms with Gasteiger partial charge in [0.2, 0.25) is 0 Å². The predicted octanol–water partition coefficient (Wildman–Crippen LogP) is 4.42. The van der Waals surface area contributed by atoms with Crippen LogP contribution in [0.3, 0.4) is 0 Å². The van der Waals surface area contributed by atoms with E-state index < -0.39 is 0 Å². The fraction of sp³-hybridized carbons (Fsp3) is 0.385. The molecule has 5 heteroatoms. The van der Waals surface area contributed by atoms with Crippen LogP contribution in [0.2, 0.25) is 0 Å². The fourth-order valence-electron chi connectivity index (χ4n) is 5.12. The summed E-state index contributed by atoms with van der Waals surface area (Å²) in [5.41, 5.74) is 6.15. The van der Waals surface area contributed by atoms with Crippen LogP contribution in [0.1, 0.15) is 64.1 Å². The molecule has 0 bridgehead atoms. The Morgan fingerprint density at radius 3 is 2.71 bits per heavy atom. The number of hydrogen-bond acceptors (Lipinski definition) is 3. The van der Waals surface area contributed by atoms with Crippen LogP contribution in [-0.2, 0) is 12.8 Å². The molecule has 0 spiro atoms. The van der Waals surface area contributed by atoms with Crippen LogP contribution in [-0.4, -0.2) is 35.7 Å². The van der Waals surface area contributed by atoms with Crippen molar-refractivity contribution in [3.8, 4) is 0 Å². The Morgan fingerprint density at radius 1 is 0.968 bits per heavy atom. The van der Waals surface area contributed by atoms with Crippen molar-refractivity contribution < 1.29 is 9.59 Å². The highest BCUT2D eigenvalue weighted by Crippen LogP contribution is 2.30. The molecule has 1 aliphatic heterocycles. The van der Waals surface area contributed by atoms with E-state index in [4.69, 9.17) is 0 Å². The van der Waals surface area contributed by atoms with E-state index in [9.17, 15) is 9.59 Å². The topological polar surface area (TPSA) is 53.8 Å². The van der Waals surface area contributed by atoms with Gasteiger partial charge >= 0.3 is 0 Å². The molecule has 1 N–H and O–H groups in total. The number of fused-ring (bicyclic) bond motifs is 3. The number of nitrogens with one attached hydrogen (secondary N) is 1. The molecular formula is C26H29N3O2. The van der Waals surface area contributed by atoms with Gasteiger partial charge in [0.25, 0.3) is 5.91 Å². The first-order chi connectivity index (χ1) is 15.2. The maximum atomic E-state index is 12.8. The molecule has 0 atom stereocenters. The molecule has 0 radical (unpaired) electrons. The largest absolute Gasteiger partial charge is 0.372 e. The summed E-state index contributed by atoms with van der Waals surface area (Å²) in [4.78, 5) is 27.7. The number of benzene rings is 1. The lowest BCUT2D eigenvalue weighted by atomic mass is 9.92. The zero-order valence-electron chi connectivity index (χ0n) is 17.9.